The van der Waals surface area contributed by atoms with Gasteiger partial charge in [-0.2, -0.15) is 0 Å². The van der Waals surface area contributed by atoms with Gasteiger partial charge < -0.3 is 17.6 Å². The summed E-state index contributed by atoms with van der Waals surface area (Å²) in [5.74, 6) is 0. The molecule has 32 heavy (non-hydrogen) atoms. The summed E-state index contributed by atoms with van der Waals surface area (Å²) in [5, 5.41) is 0. The molecule has 0 saturated carbocycles. The van der Waals surface area contributed by atoms with E-state index in [1.54, 1.807) is 0 Å². The van der Waals surface area contributed by atoms with Gasteiger partial charge in [0, 0.05) is 29.8 Å². The van der Waals surface area contributed by atoms with Crippen LogP contribution in [0.3, 0.4) is 0 Å². The van der Waals surface area contributed by atoms with Gasteiger partial charge in [-0.3, -0.25) is 0 Å². The van der Waals surface area contributed by atoms with Gasteiger partial charge in [-0.15, -0.1) is 0 Å². The van der Waals surface area contributed by atoms with Crippen molar-refractivity contribution in [3.8, 4) is 11.1 Å². The van der Waals surface area contributed by atoms with E-state index in [2.05, 4.69) is 24.3 Å². The Bertz CT molecular complexity index is 1470. The largest absolute Gasteiger partial charge is 0.737 e. The van der Waals surface area contributed by atoms with Crippen molar-refractivity contribution in [3.05, 3.63) is 93.4 Å². The van der Waals surface area contributed by atoms with Crippen LogP contribution in [0.4, 0.5) is 8.63 Å². The quantitative estimate of drug-likeness (QED) is 0.390. The van der Waals surface area contributed by atoms with E-state index >= 15 is 8.63 Å². The minimum absolute atomic E-state index is 0.672. The summed E-state index contributed by atoms with van der Waals surface area (Å²) in [5.41, 5.74) is 11.7. The van der Waals surface area contributed by atoms with Crippen LogP contribution in [0.1, 0.15) is 47.0 Å². The fourth-order valence-electron chi connectivity index (χ4n) is 6.59. The summed E-state index contributed by atoms with van der Waals surface area (Å²) in [6.07, 6.45) is 5.47. The fraction of sp³-hybridized carbons (Fsp3) is 0.222. The van der Waals surface area contributed by atoms with E-state index in [9.17, 15) is 0 Å². The molecule has 0 spiro atoms. The molecule has 158 valence electrons. The fourth-order valence-corrected chi connectivity index (χ4v) is 6.59. The van der Waals surface area contributed by atoms with E-state index < -0.39 is 6.97 Å². The van der Waals surface area contributed by atoms with Crippen LogP contribution in [0.2, 0.25) is 0 Å². The van der Waals surface area contributed by atoms with Crippen LogP contribution in [0, 0.1) is 6.92 Å². The van der Waals surface area contributed by atoms with E-state index in [0.717, 1.165) is 59.1 Å². The zero-order chi connectivity index (χ0) is 21.8. The number of nitrogens with zero attached hydrogens (tertiary/aromatic N) is 2. The van der Waals surface area contributed by atoms with Gasteiger partial charge in [-0.1, -0.05) is 48.5 Å². The molecule has 0 unspecified atom stereocenters. The number of rotatable bonds is 0. The van der Waals surface area contributed by atoms with Crippen LogP contribution in [0.5, 0.6) is 0 Å². The predicted molar refractivity (Wildman–Crippen MR) is 126 cm³/mol. The van der Waals surface area contributed by atoms with Gasteiger partial charge in [0.1, 0.15) is 5.71 Å². The maximum atomic E-state index is 16.4. The molecule has 0 saturated heterocycles. The van der Waals surface area contributed by atoms with Crippen LogP contribution >= 0.6 is 0 Å². The Hall–Kier alpha value is -3.21. The van der Waals surface area contributed by atoms with E-state index in [-0.39, 0.29) is 0 Å². The number of fused-ring (bicyclic) bond motifs is 9. The first-order chi connectivity index (χ1) is 15.5. The number of halogens is 2. The molecule has 3 heterocycles. The summed E-state index contributed by atoms with van der Waals surface area (Å²) in [6, 6.07) is 16.6. The second kappa shape index (κ2) is 5.97. The minimum Gasteiger partial charge on any atom is -0.393 e. The molecule has 2 aliphatic heterocycles. The molecular formula is C27H23BF2N2. The van der Waals surface area contributed by atoms with Crippen LogP contribution in [0.25, 0.3) is 22.8 Å². The van der Waals surface area contributed by atoms with Gasteiger partial charge in [0.05, 0.1) is 5.57 Å². The van der Waals surface area contributed by atoms with Crippen molar-refractivity contribution in [2.24, 2.45) is 0 Å². The van der Waals surface area contributed by atoms with Crippen LogP contribution in [-0.4, -0.2) is 21.6 Å². The Morgan fingerprint density at radius 3 is 2.28 bits per heavy atom. The third-order valence-corrected chi connectivity index (χ3v) is 7.99. The zero-order valence-electron chi connectivity index (χ0n) is 18.3. The SMILES string of the molecule is CC1=[N+]2C(=Cc3c4c(c(C)n3[B-]2(F)F)CCc2ccccc2-4)C2=C1CCc1ccccc12. The molecule has 2 aromatic carbocycles. The summed E-state index contributed by atoms with van der Waals surface area (Å²) in [6.45, 7) is -0.229. The molecule has 5 heteroatoms. The zero-order valence-corrected chi connectivity index (χ0v) is 18.3. The molecule has 3 aromatic rings. The van der Waals surface area contributed by atoms with Crippen molar-refractivity contribution >= 4 is 24.3 Å². The van der Waals surface area contributed by atoms with Gasteiger partial charge in [0.25, 0.3) is 0 Å². The van der Waals surface area contributed by atoms with Gasteiger partial charge in [0.15, 0.2) is 5.70 Å². The van der Waals surface area contributed by atoms with Gasteiger partial charge >= 0.3 is 6.97 Å². The number of aryl methyl sites for hydroxylation is 2. The lowest BCUT2D eigenvalue weighted by Crippen LogP contribution is -2.50. The highest BCUT2D eigenvalue weighted by Crippen LogP contribution is 2.49. The van der Waals surface area contributed by atoms with E-state index in [0.29, 0.717) is 22.8 Å². The molecule has 0 fully saturated rings. The molecule has 0 atom stereocenters. The summed E-state index contributed by atoms with van der Waals surface area (Å²) in [4.78, 5) is 0. The van der Waals surface area contributed by atoms with Gasteiger partial charge in [-0.25, -0.2) is 0 Å². The number of benzene rings is 2. The first-order valence-electron chi connectivity index (χ1n) is 11.5. The molecule has 2 nitrogen and oxygen atoms in total. The average Bonchev–Trinajstić information content (AvgIpc) is 3.27. The monoisotopic (exact) mass is 424 g/mol. The Morgan fingerprint density at radius 2 is 1.50 bits per heavy atom. The van der Waals surface area contributed by atoms with Gasteiger partial charge in [-0.05, 0) is 66.1 Å². The third kappa shape index (κ3) is 2.07. The molecule has 0 radical (unpaired) electrons. The maximum Gasteiger partial charge on any atom is 0.737 e. The van der Waals surface area contributed by atoms with Crippen LogP contribution in [-0.2, 0) is 19.3 Å². The van der Waals surface area contributed by atoms with E-state index in [1.807, 2.05) is 44.2 Å². The number of hydrogen-bond donors (Lipinski definition) is 0. The predicted octanol–water partition coefficient (Wildman–Crippen LogP) is 6.03. The van der Waals surface area contributed by atoms with Crippen molar-refractivity contribution in [3.63, 3.8) is 0 Å². The molecular weight excluding hydrogens is 401 g/mol. The second-order valence-electron chi connectivity index (χ2n) is 9.44. The lowest BCUT2D eigenvalue weighted by atomic mass is 9.82. The summed E-state index contributed by atoms with van der Waals surface area (Å²) >= 11 is 0. The Balaban J connectivity index is 1.57. The summed E-state index contributed by atoms with van der Waals surface area (Å²) in [7, 11) is 0. The van der Waals surface area contributed by atoms with Crippen molar-refractivity contribution in [1.82, 2.24) is 4.48 Å². The average molecular weight is 424 g/mol. The molecule has 0 N–H and O–H groups in total. The highest BCUT2D eigenvalue weighted by atomic mass is 19.2. The standard InChI is InChI=1S/C27H23BF2N2/c1-16-20-13-11-18-7-3-5-9-22(18)26(20)24-15-25-27-21(14-12-19-8-4-6-10-23(19)27)17(2)32(25)28(29,30)31(16)24/h3-10,15H,11-14H2,1-2H3. The highest BCUT2D eigenvalue weighted by molar-refractivity contribution is 6.58. The minimum atomic E-state index is -3.98. The molecule has 4 aliphatic rings. The number of aromatic nitrogens is 1. The Morgan fingerprint density at radius 1 is 0.844 bits per heavy atom. The second-order valence-corrected chi connectivity index (χ2v) is 9.44. The van der Waals surface area contributed by atoms with E-state index in [4.69, 9.17) is 0 Å². The van der Waals surface area contributed by atoms with E-state index in [1.165, 1.54) is 20.1 Å². The molecule has 0 amide bonds. The number of hydrogen-bond acceptors (Lipinski definition) is 0. The van der Waals surface area contributed by atoms with Crippen LogP contribution in [0.15, 0.2) is 59.8 Å². The van der Waals surface area contributed by atoms with Crippen molar-refractivity contribution in [2.75, 3.05) is 0 Å². The van der Waals surface area contributed by atoms with Crippen molar-refractivity contribution < 1.29 is 13.1 Å². The lowest BCUT2D eigenvalue weighted by molar-refractivity contribution is -0.359. The number of allylic oxidation sites excluding steroid dienone is 2. The molecule has 7 rings (SSSR count). The smallest absolute Gasteiger partial charge is 0.393 e. The summed E-state index contributed by atoms with van der Waals surface area (Å²) < 4.78 is 35.5. The Labute approximate surface area is 186 Å². The third-order valence-electron chi connectivity index (χ3n) is 7.99. The molecule has 1 aromatic heterocycles. The van der Waals surface area contributed by atoms with Gasteiger partial charge in [0.2, 0.25) is 0 Å². The highest BCUT2D eigenvalue weighted by Gasteiger charge is 2.56. The first-order valence-corrected chi connectivity index (χ1v) is 11.5. The maximum absolute atomic E-state index is 16.4. The topological polar surface area (TPSA) is 7.94 Å². The lowest BCUT2D eigenvalue weighted by Gasteiger charge is -2.31. The first kappa shape index (κ1) is 18.4. The normalized spacial score (nSPS) is 19.6. The van der Waals surface area contributed by atoms with Crippen molar-refractivity contribution in [1.29, 1.82) is 0 Å². The molecule has 2 aliphatic carbocycles. The molecule has 0 bridgehead atoms. The van der Waals surface area contributed by atoms with Crippen LogP contribution < -0.4 is 0 Å². The van der Waals surface area contributed by atoms with Crippen molar-refractivity contribution in [2.45, 2.75) is 39.5 Å². The Kier molecular flexibility index (Phi) is 3.43.